The fourth-order valence-electron chi connectivity index (χ4n) is 3.65. The normalized spacial score (nSPS) is 11.0. The van der Waals surface area contributed by atoms with Gasteiger partial charge in [0.1, 0.15) is 10.8 Å². The first-order chi connectivity index (χ1) is 16.1. The number of hydrogen-bond donors (Lipinski definition) is 1. The van der Waals surface area contributed by atoms with E-state index < -0.39 is 0 Å². The fraction of sp³-hybridized carbons (Fsp3) is 0.286. The molecule has 0 aliphatic rings. The van der Waals surface area contributed by atoms with Gasteiger partial charge in [0.15, 0.2) is 0 Å². The van der Waals surface area contributed by atoms with Crippen LogP contribution in [-0.4, -0.2) is 17.5 Å². The Morgan fingerprint density at radius 3 is 2.45 bits per heavy atom. The maximum Gasteiger partial charge on any atom is 0.255 e. The summed E-state index contributed by atoms with van der Waals surface area (Å²) in [7, 11) is 0. The summed E-state index contributed by atoms with van der Waals surface area (Å²) >= 11 is 1.68. The van der Waals surface area contributed by atoms with E-state index in [9.17, 15) is 4.79 Å². The molecule has 1 aromatic heterocycles. The maximum absolute atomic E-state index is 12.6. The molecule has 0 bridgehead atoms. The van der Waals surface area contributed by atoms with Gasteiger partial charge in [0.25, 0.3) is 5.91 Å². The second kappa shape index (κ2) is 11.1. The molecule has 5 heteroatoms. The lowest BCUT2D eigenvalue weighted by atomic mass is 10.1. The number of aryl methyl sites for hydroxylation is 1. The summed E-state index contributed by atoms with van der Waals surface area (Å²) in [5.74, 6) is 0.668. The molecule has 170 valence electrons. The van der Waals surface area contributed by atoms with Gasteiger partial charge >= 0.3 is 0 Å². The molecule has 3 aromatic carbocycles. The van der Waals surface area contributed by atoms with Gasteiger partial charge in [0, 0.05) is 16.8 Å². The minimum Gasteiger partial charge on any atom is -0.494 e. The minimum atomic E-state index is -0.135. The number of fused-ring (bicyclic) bond motifs is 1. The summed E-state index contributed by atoms with van der Waals surface area (Å²) in [6.45, 7) is 5.02. The molecule has 4 nitrogen and oxygen atoms in total. The van der Waals surface area contributed by atoms with Crippen LogP contribution in [0.15, 0.2) is 66.7 Å². The Balaban J connectivity index is 1.31. The zero-order chi connectivity index (χ0) is 23.0. The predicted octanol–water partition coefficient (Wildman–Crippen LogP) is 7.87. The summed E-state index contributed by atoms with van der Waals surface area (Å²) in [6, 6.07) is 21.5. The van der Waals surface area contributed by atoms with Crippen LogP contribution in [0.3, 0.4) is 0 Å². The van der Waals surface area contributed by atoms with Gasteiger partial charge in [0.05, 0.1) is 16.8 Å². The number of unbranched alkanes of at least 4 members (excludes halogenated alkanes) is 4. The first-order valence-corrected chi connectivity index (χ1v) is 12.5. The van der Waals surface area contributed by atoms with Gasteiger partial charge in [-0.2, -0.15) is 0 Å². The van der Waals surface area contributed by atoms with Gasteiger partial charge in [-0.25, -0.2) is 4.98 Å². The van der Waals surface area contributed by atoms with Crippen LogP contribution in [0.25, 0.3) is 20.8 Å². The number of nitrogens with one attached hydrogen (secondary N) is 1. The van der Waals surface area contributed by atoms with E-state index in [0.29, 0.717) is 5.56 Å². The van der Waals surface area contributed by atoms with Gasteiger partial charge in [-0.1, -0.05) is 38.7 Å². The van der Waals surface area contributed by atoms with Crippen molar-refractivity contribution in [3.8, 4) is 16.3 Å². The number of thiazole rings is 1. The monoisotopic (exact) mass is 458 g/mol. The SMILES string of the molecule is CCCCCCCOc1ccc(C(=O)Nc2ccc(-c3nc4ccc(C)cc4s3)cc2)cc1. The van der Waals surface area contributed by atoms with Gasteiger partial charge in [-0.3, -0.25) is 4.79 Å². The topological polar surface area (TPSA) is 51.2 Å². The summed E-state index contributed by atoms with van der Waals surface area (Å²) in [6.07, 6.45) is 6.06. The molecule has 1 N–H and O–H groups in total. The number of aromatic nitrogens is 1. The number of carbonyl (C=O) groups excluding carboxylic acids is 1. The van der Waals surface area contributed by atoms with Gasteiger partial charge < -0.3 is 10.1 Å². The Morgan fingerprint density at radius 1 is 0.939 bits per heavy atom. The van der Waals surface area contributed by atoms with Crippen LogP contribution >= 0.6 is 11.3 Å². The van der Waals surface area contributed by atoms with Gasteiger partial charge in [-0.05, 0) is 79.6 Å². The van der Waals surface area contributed by atoms with Gasteiger partial charge in [-0.15, -0.1) is 11.3 Å². The predicted molar refractivity (Wildman–Crippen MR) is 138 cm³/mol. The largest absolute Gasteiger partial charge is 0.494 e. The molecule has 4 rings (SSSR count). The van der Waals surface area contributed by atoms with E-state index in [1.165, 1.54) is 35.9 Å². The summed E-state index contributed by atoms with van der Waals surface area (Å²) in [4.78, 5) is 17.4. The molecule has 0 aliphatic heterocycles. The molecule has 4 aromatic rings. The third-order valence-electron chi connectivity index (χ3n) is 5.57. The van der Waals surface area contributed by atoms with Crippen molar-refractivity contribution in [1.29, 1.82) is 0 Å². The van der Waals surface area contributed by atoms with E-state index >= 15 is 0 Å². The average molecular weight is 459 g/mol. The molecule has 0 atom stereocenters. The number of benzene rings is 3. The van der Waals surface area contributed by atoms with Crippen LogP contribution in [0.4, 0.5) is 5.69 Å². The van der Waals surface area contributed by atoms with E-state index in [1.54, 1.807) is 23.5 Å². The fourth-order valence-corrected chi connectivity index (χ4v) is 4.72. The first-order valence-electron chi connectivity index (χ1n) is 11.6. The van der Waals surface area contributed by atoms with Crippen LogP contribution in [0.1, 0.15) is 54.9 Å². The molecule has 0 radical (unpaired) electrons. The summed E-state index contributed by atoms with van der Waals surface area (Å²) in [5.41, 5.74) is 4.66. The van der Waals surface area contributed by atoms with Crippen molar-refractivity contribution in [2.45, 2.75) is 46.0 Å². The Morgan fingerprint density at radius 2 is 1.70 bits per heavy atom. The molecule has 0 spiro atoms. The Hall–Kier alpha value is -3.18. The van der Waals surface area contributed by atoms with Crippen LogP contribution in [0.5, 0.6) is 5.75 Å². The van der Waals surface area contributed by atoms with E-state index in [4.69, 9.17) is 9.72 Å². The highest BCUT2D eigenvalue weighted by Gasteiger charge is 2.09. The molecule has 0 saturated carbocycles. The molecule has 1 amide bonds. The van der Waals surface area contributed by atoms with Crippen LogP contribution in [0, 0.1) is 6.92 Å². The van der Waals surface area contributed by atoms with Gasteiger partial charge in [0.2, 0.25) is 0 Å². The van der Waals surface area contributed by atoms with Crippen LogP contribution < -0.4 is 10.1 Å². The zero-order valence-electron chi connectivity index (χ0n) is 19.3. The lowest BCUT2D eigenvalue weighted by Gasteiger charge is -2.08. The smallest absolute Gasteiger partial charge is 0.255 e. The molecule has 1 heterocycles. The number of carbonyl (C=O) groups is 1. The van der Waals surface area contributed by atoms with Crippen molar-refractivity contribution in [2.75, 3.05) is 11.9 Å². The average Bonchev–Trinajstić information content (AvgIpc) is 3.25. The maximum atomic E-state index is 12.6. The Labute approximate surface area is 199 Å². The van der Waals surface area contributed by atoms with E-state index in [0.717, 1.165) is 40.6 Å². The van der Waals surface area contributed by atoms with Crippen molar-refractivity contribution in [2.24, 2.45) is 0 Å². The zero-order valence-corrected chi connectivity index (χ0v) is 20.1. The van der Waals surface area contributed by atoms with E-state index in [-0.39, 0.29) is 5.91 Å². The third kappa shape index (κ3) is 6.20. The number of hydrogen-bond acceptors (Lipinski definition) is 4. The highest BCUT2D eigenvalue weighted by Crippen LogP contribution is 2.31. The number of anilines is 1. The molecular weight excluding hydrogens is 428 g/mol. The second-order valence-corrected chi connectivity index (χ2v) is 9.34. The number of amides is 1. The standard InChI is InChI=1S/C28H30N2O2S/c1-3-4-5-6-7-18-32-24-15-11-21(12-16-24)27(31)29-23-13-9-22(10-14-23)28-30-25-17-8-20(2)19-26(25)33-28/h8-17,19H,3-7,18H2,1-2H3,(H,29,31). The molecule has 0 aliphatic carbocycles. The molecular formula is C28H30N2O2S. The quantitative estimate of drug-likeness (QED) is 0.246. The lowest BCUT2D eigenvalue weighted by molar-refractivity contribution is 0.102. The van der Waals surface area contributed by atoms with Crippen LogP contribution in [0.2, 0.25) is 0 Å². The van der Waals surface area contributed by atoms with E-state index in [1.807, 2.05) is 36.4 Å². The summed E-state index contributed by atoms with van der Waals surface area (Å²) < 4.78 is 6.97. The molecule has 33 heavy (non-hydrogen) atoms. The lowest BCUT2D eigenvalue weighted by Crippen LogP contribution is -2.11. The molecule has 0 unspecified atom stereocenters. The Kier molecular flexibility index (Phi) is 7.74. The Bertz CT molecular complexity index is 1200. The summed E-state index contributed by atoms with van der Waals surface area (Å²) in [5, 5.41) is 3.95. The number of ether oxygens (including phenoxy) is 1. The van der Waals surface area contributed by atoms with Crippen molar-refractivity contribution < 1.29 is 9.53 Å². The number of rotatable bonds is 10. The van der Waals surface area contributed by atoms with Crippen molar-refractivity contribution in [3.63, 3.8) is 0 Å². The highest BCUT2D eigenvalue weighted by atomic mass is 32.1. The first kappa shape index (κ1) is 23.0. The molecule has 0 saturated heterocycles. The van der Waals surface area contributed by atoms with Crippen LogP contribution in [-0.2, 0) is 0 Å². The molecule has 0 fully saturated rings. The van der Waals surface area contributed by atoms with E-state index in [2.05, 4.69) is 37.4 Å². The minimum absolute atomic E-state index is 0.135. The number of nitrogens with zero attached hydrogens (tertiary/aromatic N) is 1. The van der Waals surface area contributed by atoms with Crippen molar-refractivity contribution in [1.82, 2.24) is 4.98 Å². The third-order valence-corrected chi connectivity index (χ3v) is 6.63. The van der Waals surface area contributed by atoms with Crippen molar-refractivity contribution >= 4 is 33.1 Å². The highest BCUT2D eigenvalue weighted by molar-refractivity contribution is 7.21. The van der Waals surface area contributed by atoms with Crippen molar-refractivity contribution in [3.05, 3.63) is 77.9 Å². The second-order valence-electron chi connectivity index (χ2n) is 8.31.